The Morgan fingerprint density at radius 1 is 1.11 bits per heavy atom. The normalized spacial score (nSPS) is 10.3. The fourth-order valence-corrected chi connectivity index (χ4v) is 2.51. The maximum absolute atomic E-state index is 9.06. The molecule has 102 valence electrons. The van der Waals surface area contributed by atoms with Crippen LogP contribution in [-0.4, -0.2) is 31.4 Å². The van der Waals surface area contributed by atoms with Crippen LogP contribution in [0.3, 0.4) is 0 Å². The Morgan fingerprint density at radius 3 is 2.16 bits per heavy atom. The lowest BCUT2D eigenvalue weighted by Crippen LogP contribution is -1.95. The number of aliphatic hydroxyl groups is 1. The van der Waals surface area contributed by atoms with Crippen molar-refractivity contribution in [3.05, 3.63) is 23.3 Å². The van der Waals surface area contributed by atoms with Crippen LogP contribution >= 0.6 is 11.3 Å². The Balaban J connectivity index is 2.51. The molecule has 0 radical (unpaired) electrons. The molecule has 1 heterocycles. The maximum Gasteiger partial charge on any atom is 0.203 e. The highest BCUT2D eigenvalue weighted by atomic mass is 32.1. The van der Waals surface area contributed by atoms with Crippen LogP contribution in [0.25, 0.3) is 10.4 Å². The molecule has 0 amide bonds. The third-order valence-corrected chi connectivity index (χ3v) is 3.67. The van der Waals surface area contributed by atoms with Gasteiger partial charge in [0.2, 0.25) is 5.75 Å². The minimum Gasteiger partial charge on any atom is -0.493 e. The van der Waals surface area contributed by atoms with Crippen LogP contribution in [0, 0.1) is 0 Å². The number of aliphatic hydroxyl groups excluding tert-OH is 1. The summed E-state index contributed by atoms with van der Waals surface area (Å²) in [5, 5.41) is 9.73. The molecule has 0 atom stereocenters. The van der Waals surface area contributed by atoms with Gasteiger partial charge in [-0.1, -0.05) is 0 Å². The number of hydrogen-bond donors (Lipinski definition) is 1. The van der Waals surface area contributed by atoms with E-state index in [0.29, 0.717) is 22.3 Å². The second-order valence-electron chi connectivity index (χ2n) is 3.69. The molecule has 0 bridgehead atoms. The summed E-state index contributed by atoms with van der Waals surface area (Å²) in [6.07, 6.45) is 1.72. The van der Waals surface area contributed by atoms with E-state index >= 15 is 0 Å². The van der Waals surface area contributed by atoms with E-state index in [1.54, 1.807) is 27.5 Å². The average molecular weight is 281 g/mol. The Hall–Kier alpha value is -1.79. The molecule has 0 aliphatic heterocycles. The average Bonchev–Trinajstić information content (AvgIpc) is 2.94. The standard InChI is InChI=1S/C13H15NO4S/c1-16-9-4-8(5-10(17-2)13(9)18-3)11-6-14-12(7-15)19-11/h4-6,15H,7H2,1-3H3. The molecule has 0 unspecified atom stereocenters. The minimum atomic E-state index is -0.0604. The van der Waals surface area contributed by atoms with Gasteiger partial charge in [0.1, 0.15) is 5.01 Å². The molecule has 0 aliphatic rings. The first-order valence-electron chi connectivity index (χ1n) is 5.59. The molecule has 0 saturated heterocycles. The van der Waals surface area contributed by atoms with Gasteiger partial charge in [-0.3, -0.25) is 0 Å². The van der Waals surface area contributed by atoms with Gasteiger partial charge in [-0.2, -0.15) is 0 Å². The summed E-state index contributed by atoms with van der Waals surface area (Å²) < 4.78 is 15.9. The van der Waals surface area contributed by atoms with Gasteiger partial charge in [0.15, 0.2) is 11.5 Å². The van der Waals surface area contributed by atoms with Gasteiger partial charge in [0, 0.05) is 11.8 Å². The lowest BCUT2D eigenvalue weighted by atomic mass is 10.1. The highest BCUT2D eigenvalue weighted by Gasteiger charge is 2.15. The van der Waals surface area contributed by atoms with Crippen LogP contribution in [0.1, 0.15) is 5.01 Å². The van der Waals surface area contributed by atoms with Crippen molar-refractivity contribution in [3.8, 4) is 27.7 Å². The predicted octanol–water partition coefficient (Wildman–Crippen LogP) is 2.33. The van der Waals surface area contributed by atoms with Crippen molar-refractivity contribution in [2.45, 2.75) is 6.61 Å². The number of nitrogens with zero attached hydrogens (tertiary/aromatic N) is 1. The summed E-state index contributed by atoms with van der Waals surface area (Å²) in [6.45, 7) is -0.0604. The van der Waals surface area contributed by atoms with E-state index in [9.17, 15) is 0 Å². The zero-order valence-electron chi connectivity index (χ0n) is 11.0. The molecule has 6 heteroatoms. The fourth-order valence-electron chi connectivity index (χ4n) is 1.74. The molecule has 2 aromatic rings. The van der Waals surface area contributed by atoms with E-state index in [4.69, 9.17) is 19.3 Å². The van der Waals surface area contributed by atoms with E-state index in [0.717, 1.165) is 10.4 Å². The monoisotopic (exact) mass is 281 g/mol. The van der Waals surface area contributed by atoms with Crippen molar-refractivity contribution >= 4 is 11.3 Å². The molecule has 5 nitrogen and oxygen atoms in total. The van der Waals surface area contributed by atoms with Crippen LogP contribution in [0.2, 0.25) is 0 Å². The highest BCUT2D eigenvalue weighted by molar-refractivity contribution is 7.15. The second kappa shape index (κ2) is 5.90. The van der Waals surface area contributed by atoms with Crippen LogP contribution in [0.4, 0.5) is 0 Å². The Bertz CT molecular complexity index is 543. The van der Waals surface area contributed by atoms with Gasteiger partial charge in [0.05, 0.1) is 32.8 Å². The van der Waals surface area contributed by atoms with Gasteiger partial charge in [-0.15, -0.1) is 11.3 Å². The molecular formula is C13H15NO4S. The Kier molecular flexibility index (Phi) is 4.24. The van der Waals surface area contributed by atoms with Gasteiger partial charge >= 0.3 is 0 Å². The smallest absolute Gasteiger partial charge is 0.203 e. The molecular weight excluding hydrogens is 266 g/mol. The topological polar surface area (TPSA) is 60.8 Å². The Morgan fingerprint density at radius 2 is 1.74 bits per heavy atom. The van der Waals surface area contributed by atoms with Gasteiger partial charge in [-0.05, 0) is 12.1 Å². The van der Waals surface area contributed by atoms with Crippen molar-refractivity contribution in [2.75, 3.05) is 21.3 Å². The van der Waals surface area contributed by atoms with Crippen LogP contribution in [0.5, 0.6) is 17.2 Å². The van der Waals surface area contributed by atoms with Gasteiger partial charge in [0.25, 0.3) is 0 Å². The fraction of sp³-hybridized carbons (Fsp3) is 0.308. The van der Waals surface area contributed by atoms with Crippen molar-refractivity contribution in [3.63, 3.8) is 0 Å². The molecule has 1 aromatic carbocycles. The predicted molar refractivity (Wildman–Crippen MR) is 73.1 cm³/mol. The minimum absolute atomic E-state index is 0.0604. The van der Waals surface area contributed by atoms with E-state index in [1.165, 1.54) is 11.3 Å². The lowest BCUT2D eigenvalue weighted by molar-refractivity contribution is 0.281. The van der Waals surface area contributed by atoms with Gasteiger partial charge < -0.3 is 19.3 Å². The number of aromatic nitrogens is 1. The Labute approximate surface area is 115 Å². The number of thiazole rings is 1. The summed E-state index contributed by atoms with van der Waals surface area (Å²) in [4.78, 5) is 5.05. The largest absolute Gasteiger partial charge is 0.493 e. The lowest BCUT2D eigenvalue weighted by Gasteiger charge is -2.13. The molecule has 0 saturated carbocycles. The number of ether oxygens (including phenoxy) is 3. The second-order valence-corrected chi connectivity index (χ2v) is 4.81. The van der Waals surface area contributed by atoms with Crippen LogP contribution in [0.15, 0.2) is 18.3 Å². The maximum atomic E-state index is 9.06. The van der Waals surface area contributed by atoms with Crippen molar-refractivity contribution in [2.24, 2.45) is 0 Å². The first-order valence-corrected chi connectivity index (χ1v) is 6.41. The van der Waals surface area contributed by atoms with E-state index in [1.807, 2.05) is 12.1 Å². The SMILES string of the molecule is COc1cc(-c2cnc(CO)s2)cc(OC)c1OC. The first kappa shape index (κ1) is 13.6. The molecule has 1 N–H and O–H groups in total. The summed E-state index contributed by atoms with van der Waals surface area (Å²) in [5.41, 5.74) is 0.909. The molecule has 0 aliphatic carbocycles. The first-order chi connectivity index (χ1) is 9.23. The quantitative estimate of drug-likeness (QED) is 0.911. The number of hydrogen-bond acceptors (Lipinski definition) is 6. The van der Waals surface area contributed by atoms with Gasteiger partial charge in [-0.25, -0.2) is 4.98 Å². The summed E-state index contributed by atoms with van der Waals surface area (Å²) >= 11 is 1.42. The number of methoxy groups -OCH3 is 3. The zero-order chi connectivity index (χ0) is 13.8. The van der Waals surface area contributed by atoms with E-state index in [-0.39, 0.29) is 6.61 Å². The molecule has 19 heavy (non-hydrogen) atoms. The molecule has 2 rings (SSSR count). The zero-order valence-corrected chi connectivity index (χ0v) is 11.8. The third kappa shape index (κ3) is 2.64. The highest BCUT2D eigenvalue weighted by Crippen LogP contribution is 2.42. The third-order valence-electron chi connectivity index (χ3n) is 2.64. The molecule has 0 spiro atoms. The van der Waals surface area contributed by atoms with Crippen LogP contribution < -0.4 is 14.2 Å². The summed E-state index contributed by atoms with van der Waals surface area (Å²) in [7, 11) is 4.72. The van der Waals surface area contributed by atoms with Crippen molar-refractivity contribution in [1.82, 2.24) is 4.98 Å². The summed E-state index contributed by atoms with van der Waals surface area (Å²) in [6, 6.07) is 3.71. The van der Waals surface area contributed by atoms with Crippen molar-refractivity contribution < 1.29 is 19.3 Å². The molecule has 1 aromatic heterocycles. The van der Waals surface area contributed by atoms with Crippen molar-refractivity contribution in [1.29, 1.82) is 0 Å². The van der Waals surface area contributed by atoms with E-state index in [2.05, 4.69) is 4.98 Å². The number of rotatable bonds is 5. The van der Waals surface area contributed by atoms with Crippen LogP contribution in [-0.2, 0) is 6.61 Å². The number of benzene rings is 1. The summed E-state index contributed by atoms with van der Waals surface area (Å²) in [5.74, 6) is 1.74. The molecule has 0 fully saturated rings. The van der Waals surface area contributed by atoms with E-state index < -0.39 is 0 Å².